The van der Waals surface area contributed by atoms with Crippen LogP contribution < -0.4 is 4.90 Å². The predicted molar refractivity (Wildman–Crippen MR) is 105 cm³/mol. The van der Waals surface area contributed by atoms with Crippen molar-refractivity contribution >= 4 is 29.2 Å². The van der Waals surface area contributed by atoms with Crippen molar-refractivity contribution in [1.29, 1.82) is 0 Å². The lowest BCUT2D eigenvalue weighted by Crippen LogP contribution is -2.30. The van der Waals surface area contributed by atoms with Crippen molar-refractivity contribution in [1.82, 2.24) is 9.29 Å². The average Bonchev–Trinajstić information content (AvgIpc) is 2.61. The minimum Gasteiger partial charge on any atom is -0.392 e. The van der Waals surface area contributed by atoms with Gasteiger partial charge in [-0.2, -0.15) is 0 Å². The highest BCUT2D eigenvalue weighted by Gasteiger charge is 2.17. The van der Waals surface area contributed by atoms with E-state index in [1.165, 1.54) is 24.1 Å². The van der Waals surface area contributed by atoms with E-state index in [4.69, 9.17) is 0 Å². The molecule has 0 fully saturated rings. The second kappa shape index (κ2) is 9.45. The molecule has 0 aliphatic carbocycles. The van der Waals surface area contributed by atoms with Gasteiger partial charge in [-0.1, -0.05) is 0 Å². The van der Waals surface area contributed by atoms with Crippen LogP contribution in [0.25, 0.3) is 0 Å². The molecule has 1 unspecified atom stereocenters. The van der Waals surface area contributed by atoms with Crippen LogP contribution in [-0.4, -0.2) is 58.4 Å². The molecule has 9 heteroatoms. The molecule has 1 atom stereocenters. The number of hydrogen-bond acceptors (Lipinski definition) is 8. The number of nitrogens with zero attached hydrogens (tertiary/aromatic N) is 4. The van der Waals surface area contributed by atoms with Gasteiger partial charge in [0.2, 0.25) is 0 Å². The molecular weight excluding hydrogens is 368 g/mol. The summed E-state index contributed by atoms with van der Waals surface area (Å²) in [6.45, 7) is 2.01. The predicted octanol–water partition coefficient (Wildman–Crippen LogP) is 2.63. The lowest BCUT2D eigenvalue weighted by molar-refractivity contribution is -0.384. The van der Waals surface area contributed by atoms with Crippen LogP contribution in [0.5, 0.6) is 0 Å². The first-order chi connectivity index (χ1) is 12.8. The van der Waals surface area contributed by atoms with Crippen LogP contribution in [-0.2, 0) is 0 Å². The number of rotatable bonds is 9. The number of carbonyl (C=O) groups is 1. The van der Waals surface area contributed by atoms with Crippen molar-refractivity contribution in [3.8, 4) is 0 Å². The molecule has 27 heavy (non-hydrogen) atoms. The van der Waals surface area contributed by atoms with E-state index >= 15 is 0 Å². The molecule has 0 saturated heterocycles. The third kappa shape index (κ3) is 6.31. The van der Waals surface area contributed by atoms with Crippen molar-refractivity contribution in [3.63, 3.8) is 0 Å². The number of aromatic nitrogens is 1. The molecule has 0 spiro atoms. The zero-order valence-corrected chi connectivity index (χ0v) is 16.2. The molecule has 2 rings (SSSR count). The maximum atomic E-state index is 12.7. The number of Topliss-reactive ketones (excluding diaryl/α,β-unsaturated/α-hetero) is 1. The summed E-state index contributed by atoms with van der Waals surface area (Å²) in [4.78, 5) is 29.7. The monoisotopic (exact) mass is 390 g/mol. The van der Waals surface area contributed by atoms with E-state index in [0.29, 0.717) is 11.4 Å². The van der Waals surface area contributed by atoms with Gasteiger partial charge in [-0.3, -0.25) is 14.9 Å². The quantitative estimate of drug-likeness (QED) is 0.302. The Kier molecular flexibility index (Phi) is 7.28. The van der Waals surface area contributed by atoms with Gasteiger partial charge in [-0.15, -0.1) is 0 Å². The lowest BCUT2D eigenvalue weighted by atomic mass is 10.1. The van der Waals surface area contributed by atoms with Gasteiger partial charge in [0.1, 0.15) is 5.82 Å². The lowest BCUT2D eigenvalue weighted by Gasteiger charge is -2.22. The normalized spacial score (nSPS) is 12.0. The summed E-state index contributed by atoms with van der Waals surface area (Å²) >= 11 is 1.27. The first kappa shape index (κ1) is 20.8. The zero-order valence-electron chi connectivity index (χ0n) is 15.4. The molecule has 1 aromatic heterocycles. The van der Waals surface area contributed by atoms with E-state index in [1.807, 2.05) is 19.0 Å². The largest absolute Gasteiger partial charge is 0.392 e. The molecule has 8 nitrogen and oxygen atoms in total. The molecule has 0 saturated carbocycles. The molecular formula is C18H22N4O4S. The van der Waals surface area contributed by atoms with Crippen molar-refractivity contribution in [3.05, 3.63) is 58.3 Å². The third-order valence-corrected chi connectivity index (χ3v) is 4.61. The Balaban J connectivity index is 2.12. The van der Waals surface area contributed by atoms with Crippen LogP contribution >= 0.6 is 11.9 Å². The van der Waals surface area contributed by atoms with E-state index in [2.05, 4.69) is 4.98 Å². The highest BCUT2D eigenvalue weighted by molar-refractivity contribution is 7.97. The molecule has 1 aromatic carbocycles. The van der Waals surface area contributed by atoms with Gasteiger partial charge in [0.25, 0.3) is 5.69 Å². The summed E-state index contributed by atoms with van der Waals surface area (Å²) in [5, 5.41) is 20.5. The Hall–Kier alpha value is -2.49. The number of nitro groups is 1. The molecule has 0 radical (unpaired) electrons. The van der Waals surface area contributed by atoms with Gasteiger partial charge < -0.3 is 10.0 Å². The maximum Gasteiger partial charge on any atom is 0.269 e. The van der Waals surface area contributed by atoms with Gasteiger partial charge in [0.15, 0.2) is 5.78 Å². The molecule has 1 heterocycles. The average molecular weight is 390 g/mol. The van der Waals surface area contributed by atoms with Crippen LogP contribution in [0.1, 0.15) is 17.3 Å². The van der Waals surface area contributed by atoms with Crippen LogP contribution in [0.4, 0.5) is 11.5 Å². The SMILES string of the molecule is CC(O)CN(CC(=O)c1ccnc(N(C)C)c1)Sc1ccc([N+](=O)[O-])cc1. The summed E-state index contributed by atoms with van der Waals surface area (Å²) in [5.41, 5.74) is 0.541. The number of anilines is 1. The fraction of sp³-hybridized carbons (Fsp3) is 0.333. The molecule has 1 N–H and O–H groups in total. The molecule has 144 valence electrons. The van der Waals surface area contributed by atoms with Crippen molar-refractivity contribution in [2.24, 2.45) is 0 Å². The van der Waals surface area contributed by atoms with Crippen molar-refractivity contribution in [2.45, 2.75) is 17.9 Å². The molecule has 0 bridgehead atoms. The van der Waals surface area contributed by atoms with Crippen LogP contribution in [0.15, 0.2) is 47.5 Å². The van der Waals surface area contributed by atoms with Gasteiger partial charge >= 0.3 is 0 Å². The highest BCUT2D eigenvalue weighted by atomic mass is 32.2. The van der Waals surface area contributed by atoms with E-state index in [1.54, 1.807) is 41.7 Å². The number of hydrogen-bond donors (Lipinski definition) is 1. The van der Waals surface area contributed by atoms with E-state index < -0.39 is 11.0 Å². The maximum absolute atomic E-state index is 12.7. The third-order valence-electron chi connectivity index (χ3n) is 3.60. The Morgan fingerprint density at radius 3 is 2.52 bits per heavy atom. The summed E-state index contributed by atoms with van der Waals surface area (Å²) < 4.78 is 1.74. The fourth-order valence-corrected chi connectivity index (χ4v) is 3.32. The summed E-state index contributed by atoms with van der Waals surface area (Å²) in [6.07, 6.45) is 0.962. The molecule has 0 aliphatic heterocycles. The Morgan fingerprint density at radius 2 is 1.96 bits per heavy atom. The number of benzene rings is 1. The van der Waals surface area contributed by atoms with Crippen LogP contribution in [0, 0.1) is 10.1 Å². The van der Waals surface area contributed by atoms with E-state index in [0.717, 1.165) is 4.90 Å². The second-order valence-corrected chi connectivity index (χ2v) is 7.40. The minimum absolute atomic E-state index is 0.00510. The smallest absolute Gasteiger partial charge is 0.269 e. The number of non-ortho nitro benzene ring substituents is 1. The van der Waals surface area contributed by atoms with E-state index in [9.17, 15) is 20.0 Å². The number of aliphatic hydroxyl groups excluding tert-OH is 1. The molecule has 0 amide bonds. The first-order valence-corrected chi connectivity index (χ1v) is 9.05. The summed E-state index contributed by atoms with van der Waals surface area (Å²) in [6, 6.07) is 9.46. The van der Waals surface area contributed by atoms with Gasteiger partial charge in [0, 0.05) is 49.4 Å². The topological polar surface area (TPSA) is 99.8 Å². The van der Waals surface area contributed by atoms with Crippen molar-refractivity contribution in [2.75, 3.05) is 32.1 Å². The standard InChI is InChI=1S/C18H22N4O4S/c1-13(23)11-21(27-16-6-4-15(5-7-16)22(25)26)12-17(24)14-8-9-19-18(10-14)20(2)3/h4-10,13,23H,11-12H2,1-3H3. The Morgan fingerprint density at radius 1 is 1.30 bits per heavy atom. The van der Waals surface area contributed by atoms with Gasteiger partial charge in [-0.05, 0) is 43.1 Å². The zero-order chi connectivity index (χ0) is 20.0. The number of nitro benzene ring substituents is 1. The van der Waals surface area contributed by atoms with Crippen LogP contribution in [0.3, 0.4) is 0 Å². The number of pyridine rings is 1. The van der Waals surface area contributed by atoms with Crippen LogP contribution in [0.2, 0.25) is 0 Å². The highest BCUT2D eigenvalue weighted by Crippen LogP contribution is 2.25. The van der Waals surface area contributed by atoms with Gasteiger partial charge in [0.05, 0.1) is 17.6 Å². The Labute approximate surface area is 162 Å². The fourth-order valence-electron chi connectivity index (χ4n) is 2.29. The first-order valence-electron chi connectivity index (χ1n) is 8.28. The minimum atomic E-state index is -0.627. The van der Waals surface area contributed by atoms with Crippen molar-refractivity contribution < 1.29 is 14.8 Å². The van der Waals surface area contributed by atoms with E-state index in [-0.39, 0.29) is 24.6 Å². The number of carbonyl (C=O) groups excluding carboxylic acids is 1. The number of aliphatic hydroxyl groups is 1. The summed E-state index contributed by atoms with van der Waals surface area (Å²) in [7, 11) is 3.70. The second-order valence-electron chi connectivity index (χ2n) is 6.23. The summed E-state index contributed by atoms with van der Waals surface area (Å²) in [5.74, 6) is 0.585. The molecule has 0 aliphatic rings. The molecule has 2 aromatic rings. The number of ketones is 1. The van der Waals surface area contributed by atoms with Gasteiger partial charge in [-0.25, -0.2) is 9.29 Å². The Bertz CT molecular complexity index is 796.